The molecule has 84 valence electrons. The van der Waals surface area contributed by atoms with E-state index in [4.69, 9.17) is 5.11 Å². The Hall–Kier alpha value is -1.54. The van der Waals surface area contributed by atoms with Crippen molar-refractivity contribution in [3.8, 4) is 11.8 Å². The Kier molecular flexibility index (Phi) is 4.80. The fourth-order valence-corrected chi connectivity index (χ4v) is 1.44. The maximum atomic E-state index is 10.9. The molecule has 0 aromatic carbocycles. The molecule has 0 saturated carbocycles. The zero-order valence-electron chi connectivity index (χ0n) is 8.75. The van der Waals surface area contributed by atoms with Crippen LogP contribution in [0.2, 0.25) is 0 Å². The van der Waals surface area contributed by atoms with E-state index in [1.165, 1.54) is 6.07 Å². The Morgan fingerprint density at radius 1 is 1.69 bits per heavy atom. The minimum Gasteiger partial charge on any atom is -0.478 e. The molecule has 0 atom stereocenters. The van der Waals surface area contributed by atoms with Gasteiger partial charge in [0.25, 0.3) is 0 Å². The second-order valence-corrected chi connectivity index (χ2v) is 3.87. The molecule has 0 radical (unpaired) electrons. The maximum absolute atomic E-state index is 10.9. The summed E-state index contributed by atoms with van der Waals surface area (Å²) in [6.45, 7) is 2.34. The molecule has 0 unspecified atom stereocenters. The number of rotatable bonds is 4. The SMILES string of the molecule is CC#CCCNc1ncc(Br)cc1C(=O)O. The molecule has 0 saturated heterocycles. The Bertz CT molecular complexity index is 449. The van der Waals surface area contributed by atoms with E-state index in [-0.39, 0.29) is 5.56 Å². The van der Waals surface area contributed by atoms with Crippen molar-refractivity contribution in [1.29, 1.82) is 0 Å². The highest BCUT2D eigenvalue weighted by Crippen LogP contribution is 2.17. The summed E-state index contributed by atoms with van der Waals surface area (Å²) in [5.41, 5.74) is 0.152. The highest BCUT2D eigenvalue weighted by Gasteiger charge is 2.11. The number of hydrogen-bond donors (Lipinski definition) is 2. The van der Waals surface area contributed by atoms with E-state index in [0.717, 1.165) is 0 Å². The summed E-state index contributed by atoms with van der Waals surface area (Å²) in [6.07, 6.45) is 2.22. The largest absolute Gasteiger partial charge is 0.478 e. The number of pyridine rings is 1. The lowest BCUT2D eigenvalue weighted by Gasteiger charge is -2.06. The number of carboxylic acids is 1. The molecule has 2 N–H and O–H groups in total. The molecule has 0 aliphatic carbocycles. The Morgan fingerprint density at radius 3 is 3.06 bits per heavy atom. The first-order valence-electron chi connectivity index (χ1n) is 4.67. The molecule has 0 bridgehead atoms. The zero-order chi connectivity index (χ0) is 12.0. The van der Waals surface area contributed by atoms with Gasteiger partial charge in [-0.3, -0.25) is 0 Å². The van der Waals surface area contributed by atoms with Crippen LogP contribution in [0.5, 0.6) is 0 Å². The number of nitrogens with one attached hydrogen (secondary N) is 1. The third kappa shape index (κ3) is 3.55. The van der Waals surface area contributed by atoms with Crippen molar-refractivity contribution in [2.75, 3.05) is 11.9 Å². The van der Waals surface area contributed by atoms with Crippen molar-refractivity contribution in [3.63, 3.8) is 0 Å². The van der Waals surface area contributed by atoms with Gasteiger partial charge in [-0.05, 0) is 28.9 Å². The van der Waals surface area contributed by atoms with Gasteiger partial charge in [0.15, 0.2) is 0 Å². The first kappa shape index (κ1) is 12.5. The van der Waals surface area contributed by atoms with E-state index in [2.05, 4.69) is 38.1 Å². The molecule has 0 fully saturated rings. The zero-order valence-corrected chi connectivity index (χ0v) is 10.3. The molecular formula is C11H11BrN2O2. The van der Waals surface area contributed by atoms with Crippen molar-refractivity contribution < 1.29 is 9.90 Å². The molecule has 0 aliphatic heterocycles. The summed E-state index contributed by atoms with van der Waals surface area (Å²) < 4.78 is 0.642. The molecule has 1 rings (SSSR count). The fourth-order valence-electron chi connectivity index (χ4n) is 1.11. The quantitative estimate of drug-likeness (QED) is 0.658. The lowest BCUT2D eigenvalue weighted by atomic mass is 10.2. The predicted molar refractivity (Wildman–Crippen MR) is 65.5 cm³/mol. The van der Waals surface area contributed by atoms with Crippen LogP contribution in [0.4, 0.5) is 5.82 Å². The number of carboxylic acid groups (broad SMARTS) is 1. The Morgan fingerprint density at radius 2 is 2.44 bits per heavy atom. The number of hydrogen-bond acceptors (Lipinski definition) is 3. The van der Waals surface area contributed by atoms with Gasteiger partial charge in [-0.2, -0.15) is 0 Å². The monoisotopic (exact) mass is 282 g/mol. The number of aromatic carboxylic acids is 1. The van der Waals surface area contributed by atoms with E-state index in [0.29, 0.717) is 23.3 Å². The topological polar surface area (TPSA) is 62.2 Å². The predicted octanol–water partition coefficient (Wildman–Crippen LogP) is 2.37. The standard InChI is InChI=1S/C11H11BrN2O2/c1-2-3-4-5-13-10-9(11(15)16)6-8(12)7-14-10/h6-7H,4-5H2,1H3,(H,13,14)(H,15,16). The van der Waals surface area contributed by atoms with Gasteiger partial charge in [0.1, 0.15) is 11.4 Å². The molecule has 4 nitrogen and oxygen atoms in total. The number of aromatic nitrogens is 1. The lowest BCUT2D eigenvalue weighted by molar-refractivity contribution is 0.0697. The minimum atomic E-state index is -1.00. The fraction of sp³-hybridized carbons (Fsp3) is 0.273. The normalized spacial score (nSPS) is 9.12. The summed E-state index contributed by atoms with van der Waals surface area (Å²) in [7, 11) is 0. The summed E-state index contributed by atoms with van der Waals surface area (Å²) >= 11 is 3.18. The molecule has 1 heterocycles. The van der Waals surface area contributed by atoms with E-state index in [1.54, 1.807) is 13.1 Å². The Balaban J connectivity index is 2.77. The van der Waals surface area contributed by atoms with Crippen LogP contribution >= 0.6 is 15.9 Å². The summed E-state index contributed by atoms with van der Waals surface area (Å²) in [6, 6.07) is 1.52. The van der Waals surface area contributed by atoms with Crippen molar-refractivity contribution >= 4 is 27.7 Å². The van der Waals surface area contributed by atoms with Gasteiger partial charge in [-0.1, -0.05) is 0 Å². The molecule has 16 heavy (non-hydrogen) atoms. The van der Waals surface area contributed by atoms with Crippen LogP contribution in [-0.2, 0) is 0 Å². The third-order valence-corrected chi connectivity index (χ3v) is 2.24. The van der Waals surface area contributed by atoms with Gasteiger partial charge in [0, 0.05) is 23.6 Å². The summed E-state index contributed by atoms with van der Waals surface area (Å²) in [5, 5.41) is 11.9. The number of carbonyl (C=O) groups is 1. The van der Waals surface area contributed by atoms with Crippen LogP contribution in [0.3, 0.4) is 0 Å². The molecule has 5 heteroatoms. The van der Waals surface area contributed by atoms with E-state index in [1.807, 2.05) is 0 Å². The van der Waals surface area contributed by atoms with Crippen molar-refractivity contribution in [2.45, 2.75) is 13.3 Å². The summed E-state index contributed by atoms with van der Waals surface area (Å²) in [5.74, 6) is 5.01. The Labute approximate surface area is 102 Å². The lowest BCUT2D eigenvalue weighted by Crippen LogP contribution is -2.09. The van der Waals surface area contributed by atoms with Gasteiger partial charge in [0.05, 0.1) is 0 Å². The van der Waals surface area contributed by atoms with E-state index < -0.39 is 5.97 Å². The van der Waals surface area contributed by atoms with Gasteiger partial charge in [0.2, 0.25) is 0 Å². The minimum absolute atomic E-state index is 0.152. The highest BCUT2D eigenvalue weighted by molar-refractivity contribution is 9.10. The number of halogens is 1. The third-order valence-electron chi connectivity index (χ3n) is 1.80. The van der Waals surface area contributed by atoms with Crippen molar-refractivity contribution in [3.05, 3.63) is 22.3 Å². The van der Waals surface area contributed by atoms with Gasteiger partial charge in [-0.15, -0.1) is 11.8 Å². The number of nitrogens with zero attached hydrogens (tertiary/aromatic N) is 1. The summed E-state index contributed by atoms with van der Waals surface area (Å²) in [4.78, 5) is 14.9. The second kappa shape index (κ2) is 6.13. The van der Waals surface area contributed by atoms with Crippen LogP contribution in [0.15, 0.2) is 16.7 Å². The van der Waals surface area contributed by atoms with Crippen LogP contribution in [0.1, 0.15) is 23.7 Å². The van der Waals surface area contributed by atoms with E-state index in [9.17, 15) is 4.79 Å². The molecule has 1 aromatic heterocycles. The van der Waals surface area contributed by atoms with Crippen LogP contribution in [-0.4, -0.2) is 22.6 Å². The molecule has 1 aromatic rings. The smallest absolute Gasteiger partial charge is 0.339 e. The first-order chi connectivity index (χ1) is 7.65. The average Bonchev–Trinajstić information content (AvgIpc) is 2.26. The van der Waals surface area contributed by atoms with Gasteiger partial charge < -0.3 is 10.4 Å². The molecule has 0 spiro atoms. The van der Waals surface area contributed by atoms with E-state index >= 15 is 0 Å². The van der Waals surface area contributed by atoms with Crippen molar-refractivity contribution in [1.82, 2.24) is 4.98 Å². The maximum Gasteiger partial charge on any atom is 0.339 e. The number of anilines is 1. The second-order valence-electron chi connectivity index (χ2n) is 2.96. The van der Waals surface area contributed by atoms with Crippen LogP contribution in [0.25, 0.3) is 0 Å². The van der Waals surface area contributed by atoms with Crippen LogP contribution < -0.4 is 5.32 Å². The molecule has 0 aliphatic rings. The average molecular weight is 283 g/mol. The first-order valence-corrected chi connectivity index (χ1v) is 5.46. The molecular weight excluding hydrogens is 272 g/mol. The van der Waals surface area contributed by atoms with Gasteiger partial charge >= 0.3 is 5.97 Å². The van der Waals surface area contributed by atoms with Gasteiger partial charge in [-0.25, -0.2) is 9.78 Å². The molecule has 0 amide bonds. The van der Waals surface area contributed by atoms with Crippen LogP contribution in [0, 0.1) is 11.8 Å². The van der Waals surface area contributed by atoms with Crippen molar-refractivity contribution in [2.24, 2.45) is 0 Å². The highest BCUT2D eigenvalue weighted by atomic mass is 79.9.